The molecule has 4 rings (SSSR count). The van der Waals surface area contributed by atoms with Crippen LogP contribution >= 0.6 is 0 Å². The molecule has 0 aromatic heterocycles. The molecule has 0 saturated carbocycles. The second-order valence-electron chi connectivity index (χ2n) is 6.03. The van der Waals surface area contributed by atoms with Crippen LogP contribution in [0.15, 0.2) is 54.6 Å². The second-order valence-corrected chi connectivity index (χ2v) is 6.03. The molecule has 0 radical (unpaired) electrons. The number of benzene rings is 3. The zero-order chi connectivity index (χ0) is 18.4. The molecule has 0 aliphatic heterocycles. The van der Waals surface area contributed by atoms with Gasteiger partial charge in [0.15, 0.2) is 11.5 Å². The van der Waals surface area contributed by atoms with Crippen molar-refractivity contribution >= 4 is 17.4 Å². The summed E-state index contributed by atoms with van der Waals surface area (Å²) >= 11 is 0. The monoisotopic (exact) mass is 346 g/mol. The zero-order valence-corrected chi connectivity index (χ0v) is 13.5. The van der Waals surface area contributed by atoms with Crippen LogP contribution in [0.4, 0.5) is 0 Å². The van der Waals surface area contributed by atoms with Gasteiger partial charge in [0.25, 0.3) is 0 Å². The molecule has 0 bridgehead atoms. The maximum absolute atomic E-state index is 12.8. The van der Waals surface area contributed by atoms with Crippen LogP contribution in [0.3, 0.4) is 0 Å². The third-order valence-electron chi connectivity index (χ3n) is 4.43. The molecular weight excluding hydrogens is 332 g/mol. The molecule has 0 atom stereocenters. The molecular formula is C21H14O5. The highest BCUT2D eigenvalue weighted by Gasteiger charge is 2.31. The minimum absolute atomic E-state index is 0.121. The predicted molar refractivity (Wildman–Crippen MR) is 96.4 cm³/mol. The van der Waals surface area contributed by atoms with Crippen LogP contribution in [-0.4, -0.2) is 26.2 Å². The first kappa shape index (κ1) is 15.8. The van der Waals surface area contributed by atoms with Crippen molar-refractivity contribution in [1.29, 1.82) is 0 Å². The van der Waals surface area contributed by atoms with Gasteiger partial charge in [-0.25, -0.2) is 0 Å². The van der Waals surface area contributed by atoms with E-state index in [2.05, 4.69) is 0 Å². The van der Waals surface area contributed by atoms with Crippen LogP contribution in [0, 0.1) is 0 Å². The molecule has 0 spiro atoms. The van der Waals surface area contributed by atoms with Gasteiger partial charge in [0.2, 0.25) is 5.78 Å². The number of hydrogen-bond acceptors (Lipinski definition) is 5. The van der Waals surface area contributed by atoms with Gasteiger partial charge < -0.3 is 20.4 Å². The van der Waals surface area contributed by atoms with Gasteiger partial charge >= 0.3 is 0 Å². The van der Waals surface area contributed by atoms with Gasteiger partial charge in [-0.05, 0) is 52.6 Å². The van der Waals surface area contributed by atoms with Crippen LogP contribution in [0.25, 0.3) is 11.6 Å². The normalized spacial score (nSPS) is 12.5. The maximum atomic E-state index is 12.8. The first-order valence-corrected chi connectivity index (χ1v) is 7.90. The Morgan fingerprint density at radius 3 is 1.77 bits per heavy atom. The Morgan fingerprint density at radius 1 is 0.654 bits per heavy atom. The summed E-state index contributed by atoms with van der Waals surface area (Å²) in [7, 11) is 0. The van der Waals surface area contributed by atoms with Gasteiger partial charge in [0.1, 0.15) is 11.5 Å². The average Bonchev–Trinajstić information content (AvgIpc) is 2.61. The summed E-state index contributed by atoms with van der Waals surface area (Å²) in [6, 6.07) is 13.9. The highest BCUT2D eigenvalue weighted by molar-refractivity contribution is 6.22. The summed E-state index contributed by atoms with van der Waals surface area (Å²) < 4.78 is 0. The number of carbonyl (C=O) groups is 1. The van der Waals surface area contributed by atoms with Crippen LogP contribution in [-0.2, 0) is 0 Å². The average molecular weight is 346 g/mol. The fourth-order valence-corrected chi connectivity index (χ4v) is 3.23. The van der Waals surface area contributed by atoms with Crippen LogP contribution in [0.1, 0.15) is 32.6 Å². The van der Waals surface area contributed by atoms with E-state index in [0.717, 1.165) is 0 Å². The molecule has 0 unspecified atom stereocenters. The fraction of sp³-hybridized carbons (Fsp3) is 0. The minimum atomic E-state index is -0.447. The zero-order valence-electron chi connectivity index (χ0n) is 13.5. The number of fused-ring (bicyclic) bond motifs is 2. The van der Waals surface area contributed by atoms with Crippen molar-refractivity contribution in [2.75, 3.05) is 0 Å². The molecule has 5 nitrogen and oxygen atoms in total. The van der Waals surface area contributed by atoms with Gasteiger partial charge in [-0.1, -0.05) is 30.3 Å². The Morgan fingerprint density at radius 2 is 1.23 bits per heavy atom. The van der Waals surface area contributed by atoms with Gasteiger partial charge in [-0.3, -0.25) is 4.79 Å². The Labute approximate surface area is 148 Å². The smallest absolute Gasteiger partial charge is 0.201 e. The van der Waals surface area contributed by atoms with E-state index in [9.17, 15) is 25.2 Å². The summed E-state index contributed by atoms with van der Waals surface area (Å²) in [5, 5.41) is 39.6. The number of hydrogen-bond donors (Lipinski definition) is 4. The number of phenols is 4. The molecule has 3 aromatic rings. The van der Waals surface area contributed by atoms with E-state index in [1.807, 2.05) is 0 Å². The second kappa shape index (κ2) is 5.67. The number of rotatable bonds is 1. The Bertz CT molecular complexity index is 1040. The predicted octanol–water partition coefficient (Wildman–Crippen LogP) is 3.64. The molecule has 0 heterocycles. The SMILES string of the molecule is O=C1c2c(O)cccc2C(=Cc2ccc(O)c(O)c2)c2cccc(O)c21. The van der Waals surface area contributed by atoms with E-state index in [-0.39, 0.29) is 34.1 Å². The molecule has 1 aliphatic carbocycles. The fourth-order valence-electron chi connectivity index (χ4n) is 3.23. The first-order chi connectivity index (χ1) is 12.5. The lowest BCUT2D eigenvalue weighted by Crippen LogP contribution is -2.14. The van der Waals surface area contributed by atoms with Crippen LogP contribution in [0.2, 0.25) is 0 Å². The van der Waals surface area contributed by atoms with Gasteiger partial charge in [-0.2, -0.15) is 0 Å². The van der Waals surface area contributed by atoms with E-state index >= 15 is 0 Å². The lowest BCUT2D eigenvalue weighted by Gasteiger charge is -2.23. The summed E-state index contributed by atoms with van der Waals surface area (Å²) in [6.07, 6.45) is 1.72. The Balaban J connectivity index is 2.04. The summed E-state index contributed by atoms with van der Waals surface area (Å²) in [6.45, 7) is 0. The summed E-state index contributed by atoms with van der Waals surface area (Å²) in [5.74, 6) is -1.28. The number of carbonyl (C=O) groups excluding carboxylic acids is 1. The number of phenolic OH excluding ortho intramolecular Hbond substituents is 4. The Kier molecular flexibility index (Phi) is 3.44. The number of ketones is 1. The highest BCUT2D eigenvalue weighted by Crippen LogP contribution is 2.43. The van der Waals surface area contributed by atoms with Crippen LogP contribution in [0.5, 0.6) is 23.0 Å². The summed E-state index contributed by atoms with van der Waals surface area (Å²) in [5.41, 5.74) is 2.51. The van der Waals surface area contributed by atoms with E-state index < -0.39 is 5.78 Å². The van der Waals surface area contributed by atoms with E-state index in [0.29, 0.717) is 22.3 Å². The third-order valence-corrected chi connectivity index (χ3v) is 4.43. The Hall–Kier alpha value is -3.73. The summed E-state index contributed by atoms with van der Waals surface area (Å²) in [4.78, 5) is 12.8. The van der Waals surface area contributed by atoms with E-state index in [4.69, 9.17) is 0 Å². The molecule has 5 heteroatoms. The first-order valence-electron chi connectivity index (χ1n) is 7.90. The minimum Gasteiger partial charge on any atom is -0.507 e. The van der Waals surface area contributed by atoms with Gasteiger partial charge in [0, 0.05) is 0 Å². The van der Waals surface area contributed by atoms with Crippen LogP contribution < -0.4 is 0 Å². The molecule has 0 saturated heterocycles. The lowest BCUT2D eigenvalue weighted by atomic mass is 9.80. The largest absolute Gasteiger partial charge is 0.507 e. The van der Waals surface area contributed by atoms with Gasteiger partial charge in [-0.15, -0.1) is 0 Å². The highest BCUT2D eigenvalue weighted by atomic mass is 16.3. The van der Waals surface area contributed by atoms with Gasteiger partial charge in [0.05, 0.1) is 11.1 Å². The third kappa shape index (κ3) is 2.29. The maximum Gasteiger partial charge on any atom is 0.201 e. The molecule has 26 heavy (non-hydrogen) atoms. The van der Waals surface area contributed by atoms with Crippen molar-refractivity contribution in [3.05, 3.63) is 82.4 Å². The molecule has 4 N–H and O–H groups in total. The topological polar surface area (TPSA) is 98.0 Å². The molecule has 3 aromatic carbocycles. The molecule has 128 valence electrons. The van der Waals surface area contributed by atoms with Crippen molar-refractivity contribution in [2.24, 2.45) is 0 Å². The van der Waals surface area contributed by atoms with Crippen molar-refractivity contribution in [3.8, 4) is 23.0 Å². The van der Waals surface area contributed by atoms with E-state index in [1.54, 1.807) is 36.4 Å². The molecule has 0 amide bonds. The van der Waals surface area contributed by atoms with E-state index in [1.165, 1.54) is 24.3 Å². The van der Waals surface area contributed by atoms with Crippen molar-refractivity contribution in [1.82, 2.24) is 0 Å². The quantitative estimate of drug-likeness (QED) is 0.395. The lowest BCUT2D eigenvalue weighted by molar-refractivity contribution is 0.103. The van der Waals surface area contributed by atoms with Crippen molar-refractivity contribution in [3.63, 3.8) is 0 Å². The van der Waals surface area contributed by atoms with Crippen molar-refractivity contribution < 1.29 is 25.2 Å². The number of aromatic hydroxyl groups is 4. The molecule has 0 fully saturated rings. The molecule has 1 aliphatic rings. The standard InChI is InChI=1S/C21H14O5/c22-15-8-7-11(10-18(15)25)9-14-12-3-1-5-16(23)19(12)21(26)20-13(14)4-2-6-17(20)24/h1-10,22-25H. The van der Waals surface area contributed by atoms with Crippen molar-refractivity contribution in [2.45, 2.75) is 0 Å².